The van der Waals surface area contributed by atoms with E-state index < -0.39 is 35.3 Å². The molecule has 0 aliphatic carbocycles. The van der Waals surface area contributed by atoms with Crippen LogP contribution < -0.4 is 0 Å². The van der Waals surface area contributed by atoms with E-state index in [0.29, 0.717) is 0 Å². The van der Waals surface area contributed by atoms with Crippen molar-refractivity contribution < 1.29 is 31.9 Å². The van der Waals surface area contributed by atoms with Gasteiger partial charge < -0.3 is 5.11 Å². The molecule has 8 heteroatoms. The summed E-state index contributed by atoms with van der Waals surface area (Å²) in [5.41, 5.74) is -0.813. The van der Waals surface area contributed by atoms with E-state index in [1.165, 1.54) is 6.07 Å². The van der Waals surface area contributed by atoms with Crippen molar-refractivity contribution in [2.75, 3.05) is 6.80 Å². The van der Waals surface area contributed by atoms with E-state index >= 15 is 0 Å². The predicted molar refractivity (Wildman–Crippen MR) is 50.7 cm³/mol. The minimum Gasteiger partial charge on any atom is -0.478 e. The average molecular weight is 269 g/mol. The molecule has 0 radical (unpaired) electrons. The van der Waals surface area contributed by atoms with Crippen LogP contribution in [0.5, 0.6) is 0 Å². The minimum absolute atomic E-state index is 0.813. The molecule has 18 heavy (non-hydrogen) atoms. The summed E-state index contributed by atoms with van der Waals surface area (Å²) in [6.45, 7) is -2.32. The molecule has 0 spiro atoms. The third kappa shape index (κ3) is 2.42. The van der Waals surface area contributed by atoms with Crippen LogP contribution in [0.15, 0.2) is 30.3 Å². The fraction of sp³-hybridized carbons (Fsp3) is 0.300. The Morgan fingerprint density at radius 2 is 1.67 bits per heavy atom. The van der Waals surface area contributed by atoms with Gasteiger partial charge in [0.05, 0.1) is 0 Å². The number of nitrogens with zero attached hydrogens (tertiary/aromatic N) is 1. The lowest BCUT2D eigenvalue weighted by Crippen LogP contribution is -2.54. The summed E-state index contributed by atoms with van der Waals surface area (Å²) in [5.74, 6) is -6.45. The van der Waals surface area contributed by atoms with Gasteiger partial charge in [-0.3, -0.25) is 0 Å². The highest BCUT2D eigenvalue weighted by Gasteiger charge is 2.58. The van der Waals surface area contributed by atoms with Crippen molar-refractivity contribution in [3.8, 4) is 0 Å². The fourth-order valence-corrected chi connectivity index (χ4v) is 1.38. The van der Waals surface area contributed by atoms with Gasteiger partial charge >= 0.3 is 12.3 Å². The summed E-state index contributed by atoms with van der Waals surface area (Å²) in [4.78, 5) is 9.46. The van der Waals surface area contributed by atoms with Crippen molar-refractivity contribution >= 4 is 5.97 Å². The highest BCUT2D eigenvalue weighted by atomic mass is 19.4. The molecule has 0 amide bonds. The first kappa shape index (κ1) is 14.4. The van der Waals surface area contributed by atoms with Crippen molar-refractivity contribution in [3.63, 3.8) is 0 Å². The molecular formula is C10H8F5NO2. The van der Waals surface area contributed by atoms with Gasteiger partial charge in [0.25, 0.3) is 5.79 Å². The van der Waals surface area contributed by atoms with Gasteiger partial charge in [-0.2, -0.15) is 13.2 Å². The molecule has 0 saturated heterocycles. The van der Waals surface area contributed by atoms with Crippen LogP contribution in [0.1, 0.15) is 5.56 Å². The highest BCUT2D eigenvalue weighted by molar-refractivity contribution is 5.78. The molecule has 0 fully saturated rings. The Balaban J connectivity index is 3.36. The zero-order valence-electron chi connectivity index (χ0n) is 8.79. The largest absolute Gasteiger partial charge is 0.478 e. The first-order valence-electron chi connectivity index (χ1n) is 4.63. The van der Waals surface area contributed by atoms with Gasteiger partial charge in [0, 0.05) is 5.56 Å². The van der Waals surface area contributed by atoms with E-state index in [1.54, 1.807) is 0 Å². The second-order valence-electron chi connectivity index (χ2n) is 3.31. The number of carbonyl (C=O) groups is 1. The Morgan fingerprint density at radius 3 is 2.00 bits per heavy atom. The first-order chi connectivity index (χ1) is 8.24. The Bertz CT molecular complexity index is 422. The van der Waals surface area contributed by atoms with Gasteiger partial charge in [0.1, 0.15) is 0 Å². The second kappa shape index (κ2) is 4.89. The molecule has 0 heterocycles. The number of aliphatic carboxylic acids is 1. The van der Waals surface area contributed by atoms with Gasteiger partial charge in [-0.25, -0.2) is 13.6 Å². The summed E-state index contributed by atoms with van der Waals surface area (Å²) >= 11 is 0. The molecule has 1 atom stereocenters. The maximum Gasteiger partial charge on any atom is 0.465 e. The van der Waals surface area contributed by atoms with Crippen LogP contribution in [-0.2, 0) is 10.6 Å². The van der Waals surface area contributed by atoms with Gasteiger partial charge in [0.2, 0.25) is 0 Å². The molecule has 100 valence electrons. The van der Waals surface area contributed by atoms with Crippen LogP contribution in [0.3, 0.4) is 0 Å². The lowest BCUT2D eigenvalue weighted by Gasteiger charge is -2.33. The quantitative estimate of drug-likeness (QED) is 0.674. The van der Waals surface area contributed by atoms with E-state index in [-0.39, 0.29) is 0 Å². The SMILES string of the molecule is O=C(O)C(F)(c1ccccc1)N(CF)C(F)(F)F. The summed E-state index contributed by atoms with van der Waals surface area (Å²) in [6, 6.07) is 5.34. The Labute approximate surface area is 98.4 Å². The third-order valence-electron chi connectivity index (χ3n) is 2.24. The molecule has 3 nitrogen and oxygen atoms in total. The van der Waals surface area contributed by atoms with Crippen molar-refractivity contribution in [2.45, 2.75) is 12.1 Å². The average Bonchev–Trinajstić information content (AvgIpc) is 2.28. The molecule has 1 rings (SSSR count). The summed E-state index contributed by atoms with van der Waals surface area (Å²) < 4.78 is 63.9. The van der Waals surface area contributed by atoms with Crippen LogP contribution in [0.4, 0.5) is 22.0 Å². The zero-order valence-corrected chi connectivity index (χ0v) is 8.79. The smallest absolute Gasteiger partial charge is 0.465 e. The van der Waals surface area contributed by atoms with Crippen LogP contribution in [-0.4, -0.2) is 29.1 Å². The standard InChI is InChI=1S/C10H8F5NO2/c11-6-16(10(13,14)15)9(12,8(17)18)7-4-2-1-3-5-7/h1-5H,6H2,(H,17,18). The number of alkyl halides is 5. The number of halogens is 5. The number of carboxylic acid groups (broad SMARTS) is 1. The topological polar surface area (TPSA) is 40.5 Å². The van der Waals surface area contributed by atoms with E-state index in [1.807, 2.05) is 0 Å². The van der Waals surface area contributed by atoms with E-state index in [0.717, 1.165) is 24.3 Å². The molecule has 0 bridgehead atoms. The molecular weight excluding hydrogens is 261 g/mol. The highest BCUT2D eigenvalue weighted by Crippen LogP contribution is 2.38. The van der Waals surface area contributed by atoms with Gasteiger partial charge in [0.15, 0.2) is 6.80 Å². The molecule has 0 aromatic heterocycles. The Hall–Kier alpha value is -1.70. The van der Waals surface area contributed by atoms with Crippen molar-refractivity contribution in [1.29, 1.82) is 0 Å². The molecule has 0 saturated carbocycles. The number of hydrogen-bond acceptors (Lipinski definition) is 2. The van der Waals surface area contributed by atoms with Crippen LogP contribution in [0.25, 0.3) is 0 Å². The minimum atomic E-state index is -5.46. The summed E-state index contributed by atoms with van der Waals surface area (Å²) in [5, 5.41) is 8.67. The van der Waals surface area contributed by atoms with E-state index in [2.05, 4.69) is 0 Å². The van der Waals surface area contributed by atoms with Crippen molar-refractivity contribution in [3.05, 3.63) is 35.9 Å². The number of rotatable bonds is 4. The van der Waals surface area contributed by atoms with Crippen molar-refractivity contribution in [2.24, 2.45) is 0 Å². The summed E-state index contributed by atoms with van der Waals surface area (Å²) in [7, 11) is 0. The van der Waals surface area contributed by atoms with E-state index in [9.17, 15) is 26.7 Å². The fourth-order valence-electron chi connectivity index (χ4n) is 1.38. The number of benzene rings is 1. The lowest BCUT2D eigenvalue weighted by atomic mass is 10.0. The first-order valence-corrected chi connectivity index (χ1v) is 4.63. The predicted octanol–water partition coefficient (Wildman–Crippen LogP) is 2.64. The second-order valence-corrected chi connectivity index (χ2v) is 3.31. The molecule has 1 aromatic carbocycles. The van der Waals surface area contributed by atoms with Gasteiger partial charge in [-0.15, -0.1) is 4.90 Å². The lowest BCUT2D eigenvalue weighted by molar-refractivity contribution is -0.310. The molecule has 1 unspecified atom stereocenters. The summed E-state index contributed by atoms with van der Waals surface area (Å²) in [6.07, 6.45) is -5.46. The Kier molecular flexibility index (Phi) is 3.90. The monoisotopic (exact) mass is 269 g/mol. The van der Waals surface area contributed by atoms with Crippen LogP contribution >= 0.6 is 0 Å². The van der Waals surface area contributed by atoms with Crippen LogP contribution in [0, 0.1) is 0 Å². The Morgan fingerprint density at radius 1 is 1.17 bits per heavy atom. The molecule has 1 aromatic rings. The van der Waals surface area contributed by atoms with Crippen molar-refractivity contribution in [1.82, 2.24) is 4.90 Å². The zero-order chi connectivity index (χ0) is 14.0. The number of carboxylic acids is 1. The normalized spacial score (nSPS) is 15.4. The molecule has 0 aliphatic rings. The van der Waals surface area contributed by atoms with E-state index in [4.69, 9.17) is 5.11 Å². The molecule has 1 N–H and O–H groups in total. The van der Waals surface area contributed by atoms with Crippen LogP contribution in [0.2, 0.25) is 0 Å². The van der Waals surface area contributed by atoms with Gasteiger partial charge in [-0.1, -0.05) is 30.3 Å². The maximum atomic E-state index is 14.2. The maximum absolute atomic E-state index is 14.2. The number of hydrogen-bond donors (Lipinski definition) is 1. The third-order valence-corrected chi connectivity index (χ3v) is 2.24. The van der Waals surface area contributed by atoms with Gasteiger partial charge in [-0.05, 0) is 0 Å². The molecule has 0 aliphatic heterocycles.